The maximum absolute atomic E-state index is 11.0. The molecule has 12 heavy (non-hydrogen) atoms. The number of rotatable bonds is 2. The van der Waals surface area contributed by atoms with Crippen molar-refractivity contribution in [1.29, 1.82) is 0 Å². The number of nitrogens with zero attached hydrogens (tertiary/aromatic N) is 1. The largest absolute Gasteiger partial charge is 0.446 e. The van der Waals surface area contributed by atoms with E-state index in [1.165, 1.54) is 18.5 Å². The second kappa shape index (κ2) is 4.56. The van der Waals surface area contributed by atoms with Gasteiger partial charge in [-0.3, -0.25) is 5.43 Å². The molecule has 0 amide bonds. The second-order valence-corrected chi connectivity index (χ2v) is 2.12. The monoisotopic (exact) mass is 186 g/mol. The van der Waals surface area contributed by atoms with Gasteiger partial charge in [0.05, 0.1) is 5.57 Å². The van der Waals surface area contributed by atoms with Crippen LogP contribution in [-0.4, -0.2) is 18.2 Å². The molecule has 0 fully saturated rings. The number of alkyl halides is 1. The molecule has 0 aromatic carbocycles. The third kappa shape index (κ3) is 2.39. The van der Waals surface area contributed by atoms with Crippen LogP contribution in [0.2, 0.25) is 0 Å². The van der Waals surface area contributed by atoms with Crippen molar-refractivity contribution in [2.75, 3.05) is 6.07 Å². The Labute approximate surface area is 74.5 Å². The first kappa shape index (κ1) is 8.80. The van der Waals surface area contributed by atoms with E-state index in [4.69, 9.17) is 11.6 Å². The first-order valence-electron chi connectivity index (χ1n) is 3.23. The highest BCUT2D eigenvalue weighted by atomic mass is 35.5. The second-order valence-electron chi connectivity index (χ2n) is 1.90. The Hall–Kier alpha value is -1.29. The lowest BCUT2D eigenvalue weighted by Crippen LogP contribution is -2.05. The molecule has 0 atom stereocenters. The van der Waals surface area contributed by atoms with Crippen LogP contribution in [0.1, 0.15) is 0 Å². The van der Waals surface area contributed by atoms with E-state index >= 15 is 0 Å². The van der Waals surface area contributed by atoms with Gasteiger partial charge in [-0.1, -0.05) is 11.6 Å². The third-order valence-corrected chi connectivity index (χ3v) is 1.27. The molecule has 0 saturated heterocycles. The summed E-state index contributed by atoms with van der Waals surface area (Å²) >= 11 is 5.21. The van der Waals surface area contributed by atoms with Gasteiger partial charge in [0.2, 0.25) is 0 Å². The van der Waals surface area contributed by atoms with Crippen molar-refractivity contribution in [2.45, 2.75) is 0 Å². The Balaban J connectivity index is 2.66. The molecule has 0 aromatic rings. The summed E-state index contributed by atoms with van der Waals surface area (Å²) in [5.74, 6) is -0.462. The number of esters is 1. The van der Waals surface area contributed by atoms with Crippen LogP contribution < -0.4 is 5.43 Å². The quantitative estimate of drug-likeness (QED) is 0.512. The van der Waals surface area contributed by atoms with Crippen LogP contribution in [0.5, 0.6) is 0 Å². The van der Waals surface area contributed by atoms with E-state index in [9.17, 15) is 4.79 Å². The van der Waals surface area contributed by atoms with Crippen LogP contribution in [0.25, 0.3) is 0 Å². The van der Waals surface area contributed by atoms with Crippen molar-refractivity contribution in [3.63, 3.8) is 0 Å². The highest BCUT2D eigenvalue weighted by molar-refractivity contribution is 6.17. The zero-order valence-electron chi connectivity index (χ0n) is 6.16. The Kier molecular flexibility index (Phi) is 3.35. The number of nitrogens with one attached hydrogen (secondary N) is 1. The van der Waals surface area contributed by atoms with E-state index in [1.807, 2.05) is 0 Å². The smallest absolute Gasteiger partial charge is 0.339 e. The number of hydrogen-bond acceptors (Lipinski definition) is 4. The first-order chi connectivity index (χ1) is 5.84. The van der Waals surface area contributed by atoms with Crippen molar-refractivity contribution >= 4 is 23.8 Å². The molecule has 4 nitrogen and oxygen atoms in total. The van der Waals surface area contributed by atoms with E-state index in [0.717, 1.165) is 0 Å². The summed E-state index contributed by atoms with van der Waals surface area (Å²) < 4.78 is 4.55. The van der Waals surface area contributed by atoms with E-state index in [2.05, 4.69) is 15.3 Å². The van der Waals surface area contributed by atoms with Crippen LogP contribution in [0.15, 0.2) is 29.0 Å². The van der Waals surface area contributed by atoms with Crippen molar-refractivity contribution in [1.82, 2.24) is 5.43 Å². The average molecular weight is 187 g/mol. The normalized spacial score (nSPS) is 14.6. The molecule has 0 saturated carbocycles. The number of carbonyl (C=O) groups is 1. The zero-order chi connectivity index (χ0) is 8.81. The lowest BCUT2D eigenvalue weighted by atomic mass is 10.2. The zero-order valence-corrected chi connectivity index (χ0v) is 6.91. The number of hydrazone groups is 1. The summed E-state index contributed by atoms with van der Waals surface area (Å²) in [6.07, 6.45) is 6.09. The van der Waals surface area contributed by atoms with Gasteiger partial charge in [0.15, 0.2) is 6.07 Å². The Morgan fingerprint density at radius 2 is 2.58 bits per heavy atom. The third-order valence-electron chi connectivity index (χ3n) is 1.16. The van der Waals surface area contributed by atoms with Gasteiger partial charge in [0.1, 0.15) is 0 Å². The number of ether oxygens (including phenoxy) is 1. The van der Waals surface area contributed by atoms with Crippen molar-refractivity contribution in [3.8, 4) is 0 Å². The Morgan fingerprint density at radius 3 is 3.33 bits per heavy atom. The highest BCUT2D eigenvalue weighted by Gasteiger charge is 2.06. The lowest BCUT2D eigenvalue weighted by molar-refractivity contribution is -0.136. The van der Waals surface area contributed by atoms with Gasteiger partial charge in [0.25, 0.3) is 0 Å². The minimum Gasteiger partial charge on any atom is -0.446 e. The number of allylic oxidation sites excluding steroid dienone is 1. The Morgan fingerprint density at radius 1 is 1.75 bits per heavy atom. The van der Waals surface area contributed by atoms with Crippen molar-refractivity contribution in [2.24, 2.45) is 5.10 Å². The summed E-state index contributed by atoms with van der Waals surface area (Å²) in [6, 6.07) is -0.144. The van der Waals surface area contributed by atoms with Crippen LogP contribution in [0.4, 0.5) is 0 Å². The predicted molar refractivity (Wildman–Crippen MR) is 45.7 cm³/mol. The van der Waals surface area contributed by atoms with Gasteiger partial charge >= 0.3 is 5.97 Å². The van der Waals surface area contributed by atoms with E-state index in [0.29, 0.717) is 5.57 Å². The van der Waals surface area contributed by atoms with Crippen molar-refractivity contribution < 1.29 is 9.53 Å². The Bertz CT molecular complexity index is 258. The summed E-state index contributed by atoms with van der Waals surface area (Å²) in [6.45, 7) is 0. The lowest BCUT2D eigenvalue weighted by Gasteiger charge is -1.98. The first-order valence-corrected chi connectivity index (χ1v) is 3.76. The molecule has 0 spiro atoms. The van der Waals surface area contributed by atoms with Gasteiger partial charge < -0.3 is 4.74 Å². The predicted octanol–water partition coefficient (Wildman–Crippen LogP) is 0.755. The van der Waals surface area contributed by atoms with Crippen LogP contribution in [-0.2, 0) is 9.53 Å². The molecule has 5 heteroatoms. The molecule has 1 N–H and O–H groups in total. The van der Waals surface area contributed by atoms with E-state index < -0.39 is 5.97 Å². The topological polar surface area (TPSA) is 50.7 Å². The van der Waals surface area contributed by atoms with Gasteiger partial charge in [-0.25, -0.2) is 4.79 Å². The summed E-state index contributed by atoms with van der Waals surface area (Å²) in [5, 5.41) is 3.68. The van der Waals surface area contributed by atoms with E-state index in [1.54, 1.807) is 6.08 Å². The maximum atomic E-state index is 11.0. The fraction of sp³-hybridized carbons (Fsp3) is 0.143. The SMILES string of the molecule is O=C(OCCl)C1=CC=NNC=C1. The van der Waals surface area contributed by atoms with E-state index in [-0.39, 0.29) is 6.07 Å². The minimum atomic E-state index is -0.462. The van der Waals surface area contributed by atoms with Gasteiger partial charge in [-0.15, -0.1) is 0 Å². The molecule has 64 valence electrons. The fourth-order valence-corrected chi connectivity index (χ4v) is 0.754. The van der Waals surface area contributed by atoms with Crippen LogP contribution >= 0.6 is 11.6 Å². The van der Waals surface area contributed by atoms with Crippen LogP contribution in [0.3, 0.4) is 0 Å². The molecule has 0 aromatic heterocycles. The fourth-order valence-electron chi connectivity index (χ4n) is 0.655. The molecular formula is C7H7ClN2O2. The molecule has 1 rings (SSSR count). The molecule has 0 unspecified atom stereocenters. The molecule has 0 aliphatic carbocycles. The molecule has 1 heterocycles. The molecule has 0 radical (unpaired) electrons. The number of halogens is 1. The average Bonchev–Trinajstić information content (AvgIpc) is 2.32. The maximum Gasteiger partial charge on any atom is 0.339 e. The van der Waals surface area contributed by atoms with Crippen LogP contribution in [0, 0.1) is 0 Å². The molecule has 1 aliphatic heterocycles. The van der Waals surface area contributed by atoms with Crippen molar-refractivity contribution in [3.05, 3.63) is 23.9 Å². The molecular weight excluding hydrogens is 180 g/mol. The standard InChI is InChI=1S/C7H7ClN2O2/c8-5-12-7(11)6-1-3-9-10-4-2-6/h1-4,9H,5H2. The minimum absolute atomic E-state index is 0.144. The molecule has 1 aliphatic rings. The number of carbonyl (C=O) groups excluding carboxylic acids is 1. The summed E-state index contributed by atoms with van der Waals surface area (Å²) in [7, 11) is 0. The van der Waals surface area contributed by atoms with Gasteiger partial charge in [-0.05, 0) is 12.2 Å². The van der Waals surface area contributed by atoms with Gasteiger partial charge in [-0.2, -0.15) is 5.10 Å². The summed E-state index contributed by atoms with van der Waals surface area (Å²) in [5.41, 5.74) is 2.98. The molecule has 0 bridgehead atoms. The summed E-state index contributed by atoms with van der Waals surface area (Å²) in [4.78, 5) is 11.0. The highest BCUT2D eigenvalue weighted by Crippen LogP contribution is 2.01. The van der Waals surface area contributed by atoms with Gasteiger partial charge in [0, 0.05) is 12.4 Å². The number of hydrogen-bond donors (Lipinski definition) is 1.